The normalized spacial score (nSPS) is 10.2. The second-order valence-electron chi connectivity index (χ2n) is 4.22. The fourth-order valence-electron chi connectivity index (χ4n) is 1.78. The zero-order chi connectivity index (χ0) is 14.4. The van der Waals surface area contributed by atoms with Gasteiger partial charge in [0.25, 0.3) is 5.56 Å². The average molecular weight is 274 g/mol. The molecule has 0 aliphatic carbocycles. The quantitative estimate of drug-likeness (QED) is 0.817. The molecule has 2 rings (SSSR count). The molecule has 20 heavy (non-hydrogen) atoms. The first-order valence-corrected chi connectivity index (χ1v) is 6.51. The van der Waals surface area contributed by atoms with Crippen molar-refractivity contribution in [2.75, 3.05) is 18.9 Å². The fourth-order valence-corrected chi connectivity index (χ4v) is 1.78. The predicted octanol–water partition coefficient (Wildman–Crippen LogP) is 1.91. The van der Waals surface area contributed by atoms with E-state index in [-0.39, 0.29) is 5.56 Å². The Morgan fingerprint density at radius 2 is 1.90 bits per heavy atom. The van der Waals surface area contributed by atoms with Crippen LogP contribution in [-0.4, -0.2) is 17.8 Å². The second-order valence-corrected chi connectivity index (χ2v) is 4.22. The van der Waals surface area contributed by atoms with Gasteiger partial charge in [-0.15, -0.1) is 0 Å². The van der Waals surface area contributed by atoms with E-state index in [1.54, 1.807) is 47.2 Å². The Balaban J connectivity index is 1.95. The van der Waals surface area contributed by atoms with Gasteiger partial charge in [-0.1, -0.05) is 0 Å². The molecule has 0 amide bonds. The van der Waals surface area contributed by atoms with Crippen LogP contribution in [0.25, 0.3) is 0 Å². The first-order chi connectivity index (χ1) is 9.70. The molecule has 0 saturated heterocycles. The number of anilines is 1. The zero-order valence-electron chi connectivity index (χ0n) is 11.4. The Morgan fingerprint density at radius 1 is 1.15 bits per heavy atom. The molecule has 2 N–H and O–H groups in total. The summed E-state index contributed by atoms with van der Waals surface area (Å²) in [5.74, 6) is 1.09. The first-order valence-electron chi connectivity index (χ1n) is 6.51. The molecule has 5 nitrogen and oxygen atoms in total. The van der Waals surface area contributed by atoms with Gasteiger partial charge in [-0.25, -0.2) is 0 Å². The standard InChI is InChI=1S/C15H18N2O3/c1-2-19-14-4-3-9-17(15(14)18)10-11-20-13-7-5-12(16)6-8-13/h3-9H,2,10-11,16H2,1H3. The van der Waals surface area contributed by atoms with Crippen LogP contribution in [0.5, 0.6) is 11.5 Å². The summed E-state index contributed by atoms with van der Waals surface area (Å²) >= 11 is 0. The maximum Gasteiger partial charge on any atom is 0.292 e. The molecule has 106 valence electrons. The molecule has 0 atom stereocenters. The molecule has 0 bridgehead atoms. The second kappa shape index (κ2) is 6.65. The van der Waals surface area contributed by atoms with Gasteiger partial charge in [0.2, 0.25) is 0 Å². The minimum absolute atomic E-state index is 0.143. The minimum atomic E-state index is -0.143. The Hall–Kier alpha value is -2.43. The van der Waals surface area contributed by atoms with Crippen LogP contribution in [0.15, 0.2) is 47.4 Å². The Bertz CT molecular complexity index is 605. The molecule has 5 heteroatoms. The topological polar surface area (TPSA) is 66.5 Å². The van der Waals surface area contributed by atoms with E-state index in [0.29, 0.717) is 31.2 Å². The van der Waals surface area contributed by atoms with Crippen LogP contribution in [0, 0.1) is 0 Å². The van der Waals surface area contributed by atoms with Crippen LogP contribution < -0.4 is 20.8 Å². The highest BCUT2D eigenvalue weighted by Crippen LogP contribution is 2.12. The molecule has 0 saturated carbocycles. The molecule has 2 aromatic rings. The third kappa shape index (κ3) is 3.54. The SMILES string of the molecule is CCOc1cccn(CCOc2ccc(N)cc2)c1=O. The van der Waals surface area contributed by atoms with Gasteiger partial charge in [0.15, 0.2) is 5.75 Å². The number of benzene rings is 1. The molecule has 1 aromatic carbocycles. The first kappa shape index (κ1) is 14.0. The van der Waals surface area contributed by atoms with Crippen molar-refractivity contribution in [1.29, 1.82) is 0 Å². The predicted molar refractivity (Wildman–Crippen MR) is 78.2 cm³/mol. The third-order valence-electron chi connectivity index (χ3n) is 2.77. The van der Waals surface area contributed by atoms with E-state index in [1.807, 2.05) is 6.92 Å². The van der Waals surface area contributed by atoms with Crippen molar-refractivity contribution in [3.63, 3.8) is 0 Å². The maximum absolute atomic E-state index is 12.0. The minimum Gasteiger partial charge on any atom is -0.492 e. The molecule has 0 spiro atoms. The van der Waals surface area contributed by atoms with Crippen LogP contribution in [0.1, 0.15) is 6.92 Å². The largest absolute Gasteiger partial charge is 0.492 e. The van der Waals surface area contributed by atoms with E-state index in [0.717, 1.165) is 5.75 Å². The van der Waals surface area contributed by atoms with Gasteiger partial charge in [-0.3, -0.25) is 4.79 Å². The van der Waals surface area contributed by atoms with E-state index >= 15 is 0 Å². The van der Waals surface area contributed by atoms with E-state index in [2.05, 4.69) is 0 Å². The highest BCUT2D eigenvalue weighted by atomic mass is 16.5. The highest BCUT2D eigenvalue weighted by molar-refractivity contribution is 5.41. The zero-order valence-corrected chi connectivity index (χ0v) is 11.4. The lowest BCUT2D eigenvalue weighted by Crippen LogP contribution is -2.23. The molecular weight excluding hydrogens is 256 g/mol. The summed E-state index contributed by atoms with van der Waals surface area (Å²) in [6, 6.07) is 10.6. The molecule has 1 heterocycles. The maximum atomic E-state index is 12.0. The number of hydrogen-bond acceptors (Lipinski definition) is 4. The Labute approximate surface area is 117 Å². The van der Waals surface area contributed by atoms with Gasteiger partial charge in [0.1, 0.15) is 12.4 Å². The number of pyridine rings is 1. The van der Waals surface area contributed by atoms with Crippen molar-refractivity contribution in [3.8, 4) is 11.5 Å². The van der Waals surface area contributed by atoms with Gasteiger partial charge in [-0.05, 0) is 43.3 Å². The molecular formula is C15H18N2O3. The number of nitrogens with zero attached hydrogens (tertiary/aromatic N) is 1. The lowest BCUT2D eigenvalue weighted by molar-refractivity contribution is 0.291. The summed E-state index contributed by atoms with van der Waals surface area (Å²) in [7, 11) is 0. The molecule has 1 aromatic heterocycles. The molecule has 0 unspecified atom stereocenters. The van der Waals surface area contributed by atoms with Crippen molar-refractivity contribution in [2.24, 2.45) is 0 Å². The van der Waals surface area contributed by atoms with Crippen LogP contribution >= 0.6 is 0 Å². The fraction of sp³-hybridized carbons (Fsp3) is 0.267. The lowest BCUT2D eigenvalue weighted by atomic mass is 10.3. The van der Waals surface area contributed by atoms with Crippen LogP contribution in [-0.2, 0) is 6.54 Å². The Morgan fingerprint density at radius 3 is 2.60 bits per heavy atom. The average Bonchev–Trinajstić information content (AvgIpc) is 2.45. The van der Waals surface area contributed by atoms with Crippen molar-refractivity contribution in [2.45, 2.75) is 13.5 Å². The van der Waals surface area contributed by atoms with Crippen LogP contribution in [0.3, 0.4) is 0 Å². The van der Waals surface area contributed by atoms with Crippen molar-refractivity contribution < 1.29 is 9.47 Å². The van der Waals surface area contributed by atoms with Gasteiger partial charge < -0.3 is 19.8 Å². The van der Waals surface area contributed by atoms with Crippen molar-refractivity contribution in [3.05, 3.63) is 52.9 Å². The summed E-state index contributed by atoms with van der Waals surface area (Å²) in [5, 5.41) is 0. The van der Waals surface area contributed by atoms with Gasteiger partial charge in [0.05, 0.1) is 13.2 Å². The molecule has 0 radical (unpaired) electrons. The van der Waals surface area contributed by atoms with Crippen LogP contribution in [0.2, 0.25) is 0 Å². The van der Waals surface area contributed by atoms with Gasteiger partial charge >= 0.3 is 0 Å². The van der Waals surface area contributed by atoms with E-state index in [4.69, 9.17) is 15.2 Å². The molecule has 0 aliphatic heterocycles. The molecule has 0 fully saturated rings. The number of ether oxygens (including phenoxy) is 2. The van der Waals surface area contributed by atoms with Crippen LogP contribution in [0.4, 0.5) is 5.69 Å². The number of hydrogen-bond donors (Lipinski definition) is 1. The monoisotopic (exact) mass is 274 g/mol. The number of nitrogens with two attached hydrogens (primary N) is 1. The van der Waals surface area contributed by atoms with E-state index < -0.39 is 0 Å². The number of aromatic nitrogens is 1. The van der Waals surface area contributed by atoms with Gasteiger partial charge in [0, 0.05) is 11.9 Å². The van der Waals surface area contributed by atoms with Gasteiger partial charge in [-0.2, -0.15) is 0 Å². The summed E-state index contributed by atoms with van der Waals surface area (Å²) in [6.45, 7) is 3.19. The highest BCUT2D eigenvalue weighted by Gasteiger charge is 2.03. The summed E-state index contributed by atoms with van der Waals surface area (Å²) in [4.78, 5) is 12.0. The third-order valence-corrected chi connectivity index (χ3v) is 2.77. The summed E-state index contributed by atoms with van der Waals surface area (Å²) < 4.78 is 12.4. The smallest absolute Gasteiger partial charge is 0.292 e. The number of nitrogen functional groups attached to an aromatic ring is 1. The lowest BCUT2D eigenvalue weighted by Gasteiger charge is -2.10. The van der Waals surface area contributed by atoms with E-state index in [9.17, 15) is 4.79 Å². The molecule has 0 aliphatic rings. The summed E-state index contributed by atoms with van der Waals surface area (Å²) in [6.07, 6.45) is 1.72. The Kier molecular flexibility index (Phi) is 4.65. The van der Waals surface area contributed by atoms with E-state index in [1.165, 1.54) is 0 Å². The van der Waals surface area contributed by atoms with Crippen molar-refractivity contribution in [1.82, 2.24) is 4.57 Å². The number of rotatable bonds is 6. The van der Waals surface area contributed by atoms with Crippen molar-refractivity contribution >= 4 is 5.69 Å². The summed E-state index contributed by atoms with van der Waals surface area (Å²) in [5.41, 5.74) is 6.15.